The van der Waals surface area contributed by atoms with Crippen LogP contribution in [0.25, 0.3) is 68.7 Å². The summed E-state index contributed by atoms with van der Waals surface area (Å²) in [4.78, 5) is 2.43. The Morgan fingerprint density at radius 1 is 0.388 bits per heavy atom. The smallest absolute Gasteiger partial charge is 0.0602 e. The molecule has 10 aromatic rings. The molecule has 0 atom stereocenters. The normalized spacial score (nSPS) is 11.7. The van der Waals surface area contributed by atoms with Gasteiger partial charge < -0.3 is 4.57 Å². The van der Waals surface area contributed by atoms with Gasteiger partial charge in [0, 0.05) is 16.5 Å². The van der Waals surface area contributed by atoms with Crippen molar-refractivity contribution in [3.05, 3.63) is 182 Å². The Balaban J connectivity index is 1.13. The van der Waals surface area contributed by atoms with Gasteiger partial charge in [0.2, 0.25) is 0 Å². The van der Waals surface area contributed by atoms with Gasteiger partial charge in [-0.3, -0.25) is 0 Å². The molecule has 0 saturated heterocycles. The molecular weight excluding hydrogens is 659 g/mol. The zero-order valence-electron chi connectivity index (χ0n) is 26.6. The minimum absolute atomic E-state index is 0.337. The SMILES string of the molecule is c1ccc(-n2c3ccccc3c3ccc(-c4ccc(N(c5ccc6[se]c7ccccc7c6c5)c5cccc6ccccc56)cc4)cc32)cc1. The molecule has 0 radical (unpaired) electrons. The molecule has 0 aliphatic carbocycles. The number of nitrogens with zero attached hydrogens (tertiary/aromatic N) is 2. The predicted octanol–water partition coefficient (Wildman–Crippen LogP) is 12.4. The van der Waals surface area contributed by atoms with Crippen LogP contribution in [0.2, 0.25) is 0 Å². The molecule has 0 amide bonds. The van der Waals surface area contributed by atoms with E-state index >= 15 is 0 Å². The van der Waals surface area contributed by atoms with E-state index < -0.39 is 0 Å². The third-order valence-corrected chi connectivity index (χ3v) is 12.2. The Morgan fingerprint density at radius 2 is 1.04 bits per heavy atom. The summed E-state index contributed by atoms with van der Waals surface area (Å²) in [5, 5.41) is 7.73. The quantitative estimate of drug-likeness (QED) is 0.163. The van der Waals surface area contributed by atoms with Gasteiger partial charge in [0.1, 0.15) is 0 Å². The Morgan fingerprint density at radius 3 is 1.92 bits per heavy atom. The molecule has 0 aliphatic heterocycles. The number of rotatable bonds is 5. The van der Waals surface area contributed by atoms with E-state index in [0.29, 0.717) is 14.5 Å². The molecule has 0 N–H and O–H groups in total. The molecule has 0 fully saturated rings. The average Bonchev–Trinajstić information content (AvgIpc) is 3.71. The van der Waals surface area contributed by atoms with Crippen LogP contribution in [0.3, 0.4) is 0 Å². The number of anilines is 3. The summed E-state index contributed by atoms with van der Waals surface area (Å²) in [5.74, 6) is 0. The second-order valence-corrected chi connectivity index (χ2v) is 14.9. The fourth-order valence-electron chi connectivity index (χ4n) is 7.49. The van der Waals surface area contributed by atoms with Crippen LogP contribution in [0, 0.1) is 0 Å². The summed E-state index contributed by atoms with van der Waals surface area (Å²) < 4.78 is 5.30. The molecule has 0 bridgehead atoms. The molecule has 3 heteroatoms. The van der Waals surface area contributed by atoms with E-state index in [-0.39, 0.29) is 0 Å². The maximum absolute atomic E-state index is 2.43. The summed E-state index contributed by atoms with van der Waals surface area (Å²) in [6.45, 7) is 0. The third-order valence-electron chi connectivity index (χ3n) is 9.77. The summed E-state index contributed by atoms with van der Waals surface area (Å²) >= 11 is 0.337. The fraction of sp³-hybridized carbons (Fsp3) is 0. The topological polar surface area (TPSA) is 8.17 Å². The van der Waals surface area contributed by atoms with Crippen molar-refractivity contribution in [2.75, 3.05) is 4.90 Å². The average molecular weight is 690 g/mol. The van der Waals surface area contributed by atoms with Crippen molar-refractivity contribution in [3.8, 4) is 16.8 Å². The molecule has 2 nitrogen and oxygen atoms in total. The third kappa shape index (κ3) is 4.63. The van der Waals surface area contributed by atoms with Gasteiger partial charge in [-0.2, -0.15) is 0 Å². The van der Waals surface area contributed by atoms with Crippen LogP contribution in [0.15, 0.2) is 182 Å². The van der Waals surface area contributed by atoms with E-state index in [4.69, 9.17) is 0 Å². The first-order valence-corrected chi connectivity index (χ1v) is 18.4. The number of fused-ring (bicyclic) bond motifs is 7. The minimum Gasteiger partial charge on any atom is -0.0602 e. The fourth-order valence-corrected chi connectivity index (χ4v) is 9.77. The second-order valence-electron chi connectivity index (χ2n) is 12.6. The zero-order valence-corrected chi connectivity index (χ0v) is 28.3. The molecule has 49 heavy (non-hydrogen) atoms. The van der Waals surface area contributed by atoms with Crippen LogP contribution >= 0.6 is 0 Å². The van der Waals surface area contributed by atoms with Gasteiger partial charge in [-0.05, 0) is 18.2 Å². The van der Waals surface area contributed by atoms with Gasteiger partial charge in [0.05, 0.1) is 5.52 Å². The number of hydrogen-bond acceptors (Lipinski definition) is 1. The summed E-state index contributed by atoms with van der Waals surface area (Å²) in [5.41, 5.74) is 9.49. The molecule has 0 spiro atoms. The van der Waals surface area contributed by atoms with E-state index in [1.165, 1.54) is 80.1 Å². The van der Waals surface area contributed by atoms with Crippen LogP contribution < -0.4 is 4.90 Å². The Hall–Kier alpha value is -5.86. The number of hydrogen-bond donors (Lipinski definition) is 0. The molecule has 10 rings (SSSR count). The van der Waals surface area contributed by atoms with Crippen molar-refractivity contribution >= 4 is 83.4 Å². The Kier molecular flexibility index (Phi) is 6.55. The van der Waals surface area contributed by atoms with Gasteiger partial charge in [-0.1, -0.05) is 36.4 Å². The van der Waals surface area contributed by atoms with Gasteiger partial charge >= 0.3 is 211 Å². The van der Waals surface area contributed by atoms with Crippen molar-refractivity contribution in [1.29, 1.82) is 0 Å². The van der Waals surface area contributed by atoms with Crippen molar-refractivity contribution in [1.82, 2.24) is 4.57 Å². The molecule has 0 aliphatic rings. The first kappa shape index (κ1) is 28.2. The molecule has 2 aromatic heterocycles. The maximum atomic E-state index is 2.43. The van der Waals surface area contributed by atoms with Crippen molar-refractivity contribution in [2.45, 2.75) is 0 Å². The van der Waals surface area contributed by atoms with Gasteiger partial charge in [0.25, 0.3) is 0 Å². The van der Waals surface area contributed by atoms with Crippen molar-refractivity contribution in [3.63, 3.8) is 0 Å². The van der Waals surface area contributed by atoms with Gasteiger partial charge in [0.15, 0.2) is 0 Å². The Bertz CT molecular complexity index is 2820. The van der Waals surface area contributed by atoms with E-state index in [1.807, 2.05) is 0 Å². The van der Waals surface area contributed by atoms with Crippen LogP contribution in [0.5, 0.6) is 0 Å². The van der Waals surface area contributed by atoms with E-state index in [0.717, 1.165) is 5.69 Å². The molecule has 0 saturated carbocycles. The van der Waals surface area contributed by atoms with Gasteiger partial charge in [-0.15, -0.1) is 0 Å². The molecular formula is C46H30N2Se. The van der Waals surface area contributed by atoms with Gasteiger partial charge in [-0.25, -0.2) is 0 Å². The van der Waals surface area contributed by atoms with E-state index in [2.05, 4.69) is 191 Å². The molecule has 0 unspecified atom stereocenters. The number of aromatic nitrogens is 1. The predicted molar refractivity (Wildman–Crippen MR) is 210 cm³/mol. The minimum atomic E-state index is 0.337. The summed E-state index contributed by atoms with van der Waals surface area (Å²) in [6.07, 6.45) is 0. The number of benzene rings is 8. The Labute approximate surface area is 290 Å². The van der Waals surface area contributed by atoms with Crippen LogP contribution in [-0.2, 0) is 0 Å². The first-order valence-electron chi connectivity index (χ1n) is 16.7. The van der Waals surface area contributed by atoms with Crippen LogP contribution in [-0.4, -0.2) is 19.1 Å². The summed E-state index contributed by atoms with van der Waals surface area (Å²) in [7, 11) is 0. The number of para-hydroxylation sites is 2. The first-order chi connectivity index (χ1) is 24.3. The monoisotopic (exact) mass is 690 g/mol. The van der Waals surface area contributed by atoms with Crippen molar-refractivity contribution in [2.24, 2.45) is 0 Å². The van der Waals surface area contributed by atoms with E-state index in [9.17, 15) is 0 Å². The van der Waals surface area contributed by atoms with Crippen molar-refractivity contribution < 1.29 is 0 Å². The van der Waals surface area contributed by atoms with E-state index in [1.54, 1.807) is 0 Å². The van der Waals surface area contributed by atoms with Crippen LogP contribution in [0.1, 0.15) is 0 Å². The standard InChI is InChI=1S/C46H30N2Se/c1-2-13-34(14-3-1)48-43-18-8-6-16-38(43)39-27-23-33(29-44(39)48)31-21-24-35(25-22-31)47(42-19-10-12-32-11-4-5-15-37(32)42)36-26-28-46-41(30-36)40-17-7-9-20-45(40)49-46/h1-30H. The van der Waals surface area contributed by atoms with Crippen LogP contribution in [0.4, 0.5) is 17.1 Å². The molecule has 8 aromatic carbocycles. The molecule has 230 valence electrons. The second kappa shape index (κ2) is 11.4. The molecule has 2 heterocycles. The zero-order chi connectivity index (χ0) is 32.3. The summed E-state index contributed by atoms with van der Waals surface area (Å²) in [6, 6.07) is 66.6.